The van der Waals surface area contributed by atoms with Crippen LogP contribution in [-0.2, 0) is 12.8 Å². The van der Waals surface area contributed by atoms with Crippen LogP contribution in [0.4, 0.5) is 10.1 Å². The minimum absolute atomic E-state index is 0.00289. The molecule has 0 bridgehead atoms. The molecule has 2 aromatic rings. The van der Waals surface area contributed by atoms with Gasteiger partial charge >= 0.3 is 0 Å². The molecule has 3 rings (SSSR count). The van der Waals surface area contributed by atoms with Gasteiger partial charge in [-0.05, 0) is 54.3 Å². The molecule has 0 aliphatic carbocycles. The number of hydrogen-bond donors (Lipinski definition) is 1. The lowest BCUT2D eigenvalue weighted by molar-refractivity contribution is 0.0993. The molecule has 1 aliphatic heterocycles. The summed E-state index contributed by atoms with van der Waals surface area (Å²) in [5.74, 6) is -0.395. The van der Waals surface area contributed by atoms with Gasteiger partial charge in [-0.1, -0.05) is 17.7 Å². The number of rotatable bonds is 3. The highest BCUT2D eigenvalue weighted by Gasteiger charge is 2.14. The van der Waals surface area contributed by atoms with Crippen LogP contribution in [0, 0.1) is 5.82 Å². The number of nitrogens with one attached hydrogen (secondary N) is 1. The van der Waals surface area contributed by atoms with Crippen molar-refractivity contribution >= 4 is 23.1 Å². The lowest BCUT2D eigenvalue weighted by Gasteiger charge is -2.18. The van der Waals surface area contributed by atoms with E-state index in [0.717, 1.165) is 25.1 Å². The largest absolute Gasteiger partial charge is 0.385 e. The van der Waals surface area contributed by atoms with E-state index < -0.39 is 5.82 Å². The summed E-state index contributed by atoms with van der Waals surface area (Å²) in [7, 11) is 0. The molecule has 0 atom stereocenters. The lowest BCUT2D eigenvalue weighted by atomic mass is 9.97. The highest BCUT2D eigenvalue weighted by Crippen LogP contribution is 2.24. The number of benzene rings is 2. The van der Waals surface area contributed by atoms with Gasteiger partial charge in [-0.3, -0.25) is 4.79 Å². The Balaban J connectivity index is 1.82. The van der Waals surface area contributed by atoms with E-state index in [1.54, 1.807) is 6.07 Å². The average Bonchev–Trinajstić information content (AvgIpc) is 2.49. The Morgan fingerprint density at radius 2 is 2.10 bits per heavy atom. The molecule has 21 heavy (non-hydrogen) atoms. The van der Waals surface area contributed by atoms with Crippen molar-refractivity contribution in [3.63, 3.8) is 0 Å². The van der Waals surface area contributed by atoms with E-state index in [1.165, 1.54) is 17.7 Å². The summed E-state index contributed by atoms with van der Waals surface area (Å²) in [4.78, 5) is 12.4. The molecule has 1 aliphatic rings. The van der Waals surface area contributed by atoms with E-state index in [-0.39, 0.29) is 12.2 Å². The highest BCUT2D eigenvalue weighted by atomic mass is 35.5. The zero-order valence-corrected chi connectivity index (χ0v) is 12.2. The van der Waals surface area contributed by atoms with Crippen LogP contribution >= 0.6 is 11.6 Å². The third-order valence-corrected chi connectivity index (χ3v) is 4.08. The van der Waals surface area contributed by atoms with Gasteiger partial charge in [-0.15, -0.1) is 0 Å². The van der Waals surface area contributed by atoms with Crippen molar-refractivity contribution in [2.45, 2.75) is 19.3 Å². The zero-order chi connectivity index (χ0) is 14.8. The molecule has 0 amide bonds. The molecule has 0 aromatic heterocycles. The van der Waals surface area contributed by atoms with E-state index in [2.05, 4.69) is 5.32 Å². The Bertz CT molecular complexity index is 699. The van der Waals surface area contributed by atoms with E-state index in [9.17, 15) is 9.18 Å². The first-order valence-electron chi connectivity index (χ1n) is 6.97. The molecule has 2 aromatic carbocycles. The van der Waals surface area contributed by atoms with E-state index in [0.29, 0.717) is 16.1 Å². The first-order chi connectivity index (χ1) is 10.1. The standard InChI is InChI=1S/C17H15ClFNO/c18-15-10-14(19)5-3-11(15)9-17(21)13-4-6-16-12(8-13)2-1-7-20-16/h3-6,8,10,20H,1-2,7,9H2. The summed E-state index contributed by atoms with van der Waals surface area (Å²) < 4.78 is 13.0. The summed E-state index contributed by atoms with van der Waals surface area (Å²) in [6.07, 6.45) is 2.25. The first kappa shape index (κ1) is 14.1. The Morgan fingerprint density at radius 1 is 1.24 bits per heavy atom. The maximum Gasteiger partial charge on any atom is 0.167 e. The maximum atomic E-state index is 13.0. The van der Waals surface area contributed by atoms with Crippen molar-refractivity contribution in [1.82, 2.24) is 0 Å². The van der Waals surface area contributed by atoms with Gasteiger partial charge in [0.1, 0.15) is 5.82 Å². The van der Waals surface area contributed by atoms with Crippen molar-refractivity contribution in [1.29, 1.82) is 0 Å². The molecule has 2 nitrogen and oxygen atoms in total. The molecule has 0 fully saturated rings. The predicted octanol–water partition coefficient (Wildman–Crippen LogP) is 4.26. The average molecular weight is 304 g/mol. The minimum atomic E-state index is -0.393. The van der Waals surface area contributed by atoms with Crippen LogP contribution in [0.5, 0.6) is 0 Å². The second-order valence-corrected chi connectivity index (χ2v) is 5.65. The van der Waals surface area contributed by atoms with E-state index >= 15 is 0 Å². The zero-order valence-electron chi connectivity index (χ0n) is 11.5. The topological polar surface area (TPSA) is 29.1 Å². The number of carbonyl (C=O) groups is 1. The van der Waals surface area contributed by atoms with Gasteiger partial charge in [0.2, 0.25) is 0 Å². The Labute approximate surface area is 127 Å². The number of carbonyl (C=O) groups excluding carboxylic acids is 1. The van der Waals surface area contributed by atoms with Crippen LogP contribution in [0.2, 0.25) is 5.02 Å². The van der Waals surface area contributed by atoms with Gasteiger partial charge in [0.05, 0.1) is 0 Å². The van der Waals surface area contributed by atoms with Gasteiger partial charge in [-0.2, -0.15) is 0 Å². The molecule has 0 radical (unpaired) electrons. The van der Waals surface area contributed by atoms with Crippen molar-refractivity contribution in [3.8, 4) is 0 Å². The molecule has 1 N–H and O–H groups in total. The Kier molecular flexibility index (Phi) is 3.93. The van der Waals surface area contributed by atoms with Crippen LogP contribution in [0.3, 0.4) is 0 Å². The van der Waals surface area contributed by atoms with Crippen molar-refractivity contribution in [2.24, 2.45) is 0 Å². The number of fused-ring (bicyclic) bond motifs is 1. The van der Waals surface area contributed by atoms with Gasteiger partial charge in [0.25, 0.3) is 0 Å². The van der Waals surface area contributed by atoms with Crippen molar-refractivity contribution in [2.75, 3.05) is 11.9 Å². The smallest absolute Gasteiger partial charge is 0.167 e. The predicted molar refractivity (Wildman–Crippen MR) is 82.7 cm³/mol. The minimum Gasteiger partial charge on any atom is -0.385 e. The SMILES string of the molecule is O=C(Cc1ccc(F)cc1Cl)c1ccc2c(c1)CCCN2. The van der Waals surface area contributed by atoms with Gasteiger partial charge in [0, 0.05) is 29.2 Å². The molecule has 0 unspecified atom stereocenters. The third kappa shape index (κ3) is 3.08. The molecule has 4 heteroatoms. The summed E-state index contributed by atoms with van der Waals surface area (Å²) in [5.41, 5.74) is 3.62. The normalized spacial score (nSPS) is 13.4. The monoisotopic (exact) mass is 303 g/mol. The lowest BCUT2D eigenvalue weighted by Crippen LogP contribution is -2.13. The van der Waals surface area contributed by atoms with Crippen molar-refractivity contribution < 1.29 is 9.18 Å². The van der Waals surface area contributed by atoms with E-state index in [4.69, 9.17) is 11.6 Å². The van der Waals surface area contributed by atoms with Crippen molar-refractivity contribution in [3.05, 3.63) is 63.9 Å². The fourth-order valence-corrected chi connectivity index (χ4v) is 2.82. The fraction of sp³-hybridized carbons (Fsp3) is 0.235. The second kappa shape index (κ2) is 5.86. The Morgan fingerprint density at radius 3 is 2.90 bits per heavy atom. The molecule has 0 saturated carbocycles. The second-order valence-electron chi connectivity index (χ2n) is 5.24. The number of halogens is 2. The highest BCUT2D eigenvalue weighted by molar-refractivity contribution is 6.31. The summed E-state index contributed by atoms with van der Waals surface area (Å²) >= 11 is 5.97. The molecule has 1 heterocycles. The molecular weight excluding hydrogens is 289 g/mol. The van der Waals surface area contributed by atoms with Crippen LogP contribution in [0.15, 0.2) is 36.4 Å². The molecule has 108 valence electrons. The van der Waals surface area contributed by atoms with Gasteiger partial charge in [-0.25, -0.2) is 4.39 Å². The Hall–Kier alpha value is -1.87. The van der Waals surface area contributed by atoms with Crippen LogP contribution in [-0.4, -0.2) is 12.3 Å². The molecule has 0 spiro atoms. The summed E-state index contributed by atoms with van der Waals surface area (Å²) in [6.45, 7) is 0.978. The number of anilines is 1. The van der Waals surface area contributed by atoms with Gasteiger partial charge < -0.3 is 5.32 Å². The van der Waals surface area contributed by atoms with E-state index in [1.807, 2.05) is 18.2 Å². The van der Waals surface area contributed by atoms with Crippen LogP contribution in [0.25, 0.3) is 0 Å². The fourth-order valence-electron chi connectivity index (χ4n) is 2.59. The molecule has 0 saturated heterocycles. The third-order valence-electron chi connectivity index (χ3n) is 3.73. The number of hydrogen-bond acceptors (Lipinski definition) is 2. The quantitative estimate of drug-likeness (QED) is 0.858. The van der Waals surface area contributed by atoms with Crippen LogP contribution in [0.1, 0.15) is 27.9 Å². The molecular formula is C17H15ClFNO. The summed E-state index contributed by atoms with van der Waals surface area (Å²) in [5, 5.41) is 3.61. The van der Waals surface area contributed by atoms with Gasteiger partial charge in [0.15, 0.2) is 5.78 Å². The van der Waals surface area contributed by atoms with Crippen LogP contribution < -0.4 is 5.32 Å². The number of aryl methyl sites for hydroxylation is 1. The number of ketones is 1. The summed E-state index contributed by atoms with van der Waals surface area (Å²) in [6, 6.07) is 9.86. The number of Topliss-reactive ketones (excluding diaryl/α,β-unsaturated/α-hetero) is 1. The maximum absolute atomic E-state index is 13.0. The first-order valence-corrected chi connectivity index (χ1v) is 7.35.